The van der Waals surface area contributed by atoms with Crippen molar-refractivity contribution < 1.29 is 14.3 Å². The minimum Gasteiger partial charge on any atom is -0.456 e. The summed E-state index contributed by atoms with van der Waals surface area (Å²) in [6, 6.07) is -0.136. The van der Waals surface area contributed by atoms with Gasteiger partial charge in [-0.25, -0.2) is 4.79 Å². The molecule has 3 N–H and O–H groups in total. The molecule has 0 amide bonds. The summed E-state index contributed by atoms with van der Waals surface area (Å²) in [5.41, 5.74) is 12.0. The van der Waals surface area contributed by atoms with Crippen LogP contribution >= 0.6 is 0 Å². The van der Waals surface area contributed by atoms with Crippen molar-refractivity contribution in [1.82, 2.24) is 0 Å². The molecule has 5 heteroatoms. The fraction of sp³-hybridized carbons (Fsp3) is 0.750. The molecule has 0 aliphatic carbocycles. The van der Waals surface area contributed by atoms with E-state index >= 15 is 0 Å². The fourth-order valence-electron chi connectivity index (χ4n) is 0.953. The number of ether oxygens (including phenoxy) is 1. The first-order chi connectivity index (χ1) is 6.06. The Labute approximate surface area is 77.5 Å². The van der Waals surface area contributed by atoms with Crippen LogP contribution in [-0.2, 0) is 9.53 Å². The minimum absolute atomic E-state index is 0.136. The standard InChI is InChI=1S/C8H16N3O2/c1-6(2)3-7(9)5-13-8(12)4-11-10/h4,6-7,10H,3,5,9H2,1-2H3/q+1/t7-/m0/s1. The van der Waals surface area contributed by atoms with Crippen LogP contribution in [0.4, 0.5) is 0 Å². The molecular weight excluding hydrogens is 170 g/mol. The van der Waals surface area contributed by atoms with E-state index in [1.54, 1.807) is 0 Å². The van der Waals surface area contributed by atoms with E-state index < -0.39 is 5.97 Å². The maximum absolute atomic E-state index is 10.7. The van der Waals surface area contributed by atoms with Crippen LogP contribution in [0.5, 0.6) is 0 Å². The van der Waals surface area contributed by atoms with Gasteiger partial charge in [0.15, 0.2) is 0 Å². The van der Waals surface area contributed by atoms with Crippen LogP contribution in [-0.4, -0.2) is 29.6 Å². The molecule has 0 unspecified atom stereocenters. The number of carbonyl (C=O) groups is 1. The lowest BCUT2D eigenvalue weighted by Gasteiger charge is -2.12. The quantitative estimate of drug-likeness (QED) is 0.278. The number of hydrogen-bond donors (Lipinski definition) is 2. The molecule has 0 saturated carbocycles. The molecule has 0 aromatic carbocycles. The van der Waals surface area contributed by atoms with Crippen LogP contribution in [0.15, 0.2) is 0 Å². The number of nitrogens with one attached hydrogen (secondary N) is 1. The van der Waals surface area contributed by atoms with Crippen molar-refractivity contribution in [2.75, 3.05) is 6.61 Å². The minimum atomic E-state index is -0.616. The van der Waals surface area contributed by atoms with Gasteiger partial charge < -0.3 is 10.5 Å². The topological polar surface area (TPSA) is 90.3 Å². The van der Waals surface area contributed by atoms with Crippen molar-refractivity contribution >= 4 is 12.2 Å². The van der Waals surface area contributed by atoms with E-state index in [2.05, 4.69) is 4.79 Å². The average Bonchev–Trinajstić information content (AvgIpc) is 2.00. The molecule has 0 radical (unpaired) electrons. The smallest absolute Gasteiger partial charge is 0.418 e. The Morgan fingerprint density at radius 1 is 1.69 bits per heavy atom. The van der Waals surface area contributed by atoms with Gasteiger partial charge in [0.1, 0.15) is 6.61 Å². The number of esters is 1. The van der Waals surface area contributed by atoms with Gasteiger partial charge in [-0.2, -0.15) is 0 Å². The fourth-order valence-corrected chi connectivity index (χ4v) is 0.953. The summed E-state index contributed by atoms with van der Waals surface area (Å²) in [6.45, 7) is 4.28. The third-order valence-electron chi connectivity index (χ3n) is 1.38. The summed E-state index contributed by atoms with van der Waals surface area (Å²) >= 11 is 0. The van der Waals surface area contributed by atoms with Crippen molar-refractivity contribution in [3.8, 4) is 0 Å². The second kappa shape index (κ2) is 6.34. The highest BCUT2D eigenvalue weighted by molar-refractivity contribution is 6.20. The van der Waals surface area contributed by atoms with Crippen molar-refractivity contribution in [3.63, 3.8) is 0 Å². The molecule has 5 nitrogen and oxygen atoms in total. The summed E-state index contributed by atoms with van der Waals surface area (Å²) in [5, 5.41) is 0. The lowest BCUT2D eigenvalue weighted by atomic mass is 10.1. The molecule has 0 aromatic rings. The number of hydrogen-bond acceptors (Lipinski definition) is 4. The molecular formula is C8H16N3O2+. The summed E-state index contributed by atoms with van der Waals surface area (Å²) in [7, 11) is 0. The van der Waals surface area contributed by atoms with Gasteiger partial charge in [-0.15, -0.1) is 0 Å². The maximum Gasteiger partial charge on any atom is 0.418 e. The molecule has 0 aliphatic rings. The van der Waals surface area contributed by atoms with E-state index in [1.165, 1.54) is 0 Å². The molecule has 0 bridgehead atoms. The third kappa shape index (κ3) is 7.18. The molecule has 0 aliphatic heterocycles. The van der Waals surface area contributed by atoms with Gasteiger partial charge >= 0.3 is 12.2 Å². The first-order valence-electron chi connectivity index (χ1n) is 4.18. The van der Waals surface area contributed by atoms with Gasteiger partial charge in [0.25, 0.3) is 0 Å². The molecule has 0 aromatic heterocycles. The predicted octanol–water partition coefficient (Wildman–Crippen LogP) is 0.213. The Bertz CT molecular complexity index is 209. The number of nitrogens with two attached hydrogens (primary N) is 1. The van der Waals surface area contributed by atoms with Gasteiger partial charge in [0.05, 0.1) is 10.3 Å². The van der Waals surface area contributed by atoms with E-state index in [9.17, 15) is 4.79 Å². The van der Waals surface area contributed by atoms with E-state index in [1.807, 2.05) is 13.8 Å². The second-order valence-electron chi connectivity index (χ2n) is 3.28. The number of rotatable bonds is 5. The molecule has 0 spiro atoms. The van der Waals surface area contributed by atoms with E-state index in [0.717, 1.165) is 12.6 Å². The lowest BCUT2D eigenvalue weighted by molar-refractivity contribution is -0.149. The Kier molecular flexibility index (Phi) is 5.76. The summed E-state index contributed by atoms with van der Waals surface area (Å²) in [5.74, 6) is -0.132. The van der Waals surface area contributed by atoms with E-state index in [0.29, 0.717) is 5.92 Å². The third-order valence-corrected chi connectivity index (χ3v) is 1.38. The highest BCUT2D eigenvalue weighted by atomic mass is 16.5. The summed E-state index contributed by atoms with van der Waals surface area (Å²) < 4.78 is 4.71. The monoisotopic (exact) mass is 186 g/mol. The molecule has 0 fully saturated rings. The average molecular weight is 186 g/mol. The van der Waals surface area contributed by atoms with Crippen LogP contribution in [0, 0.1) is 11.4 Å². The van der Waals surface area contributed by atoms with Crippen LogP contribution in [0.2, 0.25) is 0 Å². The molecule has 1 atom stereocenters. The summed E-state index contributed by atoms with van der Waals surface area (Å²) in [6.07, 6.45) is 1.62. The first kappa shape index (κ1) is 11.8. The molecule has 0 heterocycles. The van der Waals surface area contributed by atoms with Gasteiger partial charge in [-0.05, 0) is 12.3 Å². The SMILES string of the molecule is CC(C)C[C@H](N)COC(=O)C=[N+]=N. The van der Waals surface area contributed by atoms with Crippen LogP contribution in [0.3, 0.4) is 0 Å². The van der Waals surface area contributed by atoms with Crippen LogP contribution in [0.1, 0.15) is 20.3 Å². The zero-order valence-electron chi connectivity index (χ0n) is 7.99. The van der Waals surface area contributed by atoms with E-state index in [-0.39, 0.29) is 12.6 Å². The number of nitrogens with zero attached hydrogens (tertiary/aromatic N) is 1. The van der Waals surface area contributed by atoms with Crippen molar-refractivity contribution in [2.24, 2.45) is 11.7 Å². The van der Waals surface area contributed by atoms with Gasteiger partial charge in [-0.1, -0.05) is 13.8 Å². The molecule has 13 heavy (non-hydrogen) atoms. The normalized spacial score (nSPS) is 12.0. The van der Waals surface area contributed by atoms with Crippen molar-refractivity contribution in [2.45, 2.75) is 26.3 Å². The molecule has 0 saturated heterocycles. The Morgan fingerprint density at radius 3 is 2.77 bits per heavy atom. The molecule has 0 rings (SSSR count). The van der Waals surface area contributed by atoms with Crippen LogP contribution in [0.25, 0.3) is 0 Å². The van der Waals surface area contributed by atoms with Gasteiger partial charge in [0.2, 0.25) is 0 Å². The Morgan fingerprint density at radius 2 is 2.31 bits per heavy atom. The van der Waals surface area contributed by atoms with Crippen molar-refractivity contribution in [3.05, 3.63) is 0 Å². The highest BCUT2D eigenvalue weighted by Gasteiger charge is 2.10. The lowest BCUT2D eigenvalue weighted by Crippen LogP contribution is -2.29. The maximum atomic E-state index is 10.7. The highest BCUT2D eigenvalue weighted by Crippen LogP contribution is 2.02. The van der Waals surface area contributed by atoms with Gasteiger partial charge in [-0.3, -0.25) is 0 Å². The predicted molar refractivity (Wildman–Crippen MR) is 47.4 cm³/mol. The Balaban J connectivity index is 3.63. The van der Waals surface area contributed by atoms with Crippen molar-refractivity contribution in [1.29, 1.82) is 5.53 Å². The zero-order chi connectivity index (χ0) is 10.3. The van der Waals surface area contributed by atoms with Crippen LogP contribution < -0.4 is 5.73 Å². The molecule has 74 valence electrons. The largest absolute Gasteiger partial charge is 0.456 e. The number of carbonyl (C=O) groups excluding carboxylic acids is 1. The van der Waals surface area contributed by atoms with Gasteiger partial charge in [0, 0.05) is 6.04 Å². The zero-order valence-corrected chi connectivity index (χ0v) is 7.99. The first-order valence-corrected chi connectivity index (χ1v) is 4.18. The second-order valence-corrected chi connectivity index (χ2v) is 3.28. The summed E-state index contributed by atoms with van der Waals surface area (Å²) in [4.78, 5) is 13.5. The van der Waals surface area contributed by atoms with E-state index in [4.69, 9.17) is 16.0 Å². The Hall–Kier alpha value is -1.19.